The van der Waals surface area contributed by atoms with Crippen LogP contribution in [-0.2, 0) is 10.0 Å². The molecule has 3 N–H and O–H groups in total. The zero-order chi connectivity index (χ0) is 29.4. The Hall–Kier alpha value is -2.74. The monoisotopic (exact) mass is 615 g/mol. The van der Waals surface area contributed by atoms with Crippen LogP contribution >= 0.6 is 12.2 Å². The zero-order valence-corrected chi connectivity index (χ0v) is 26.4. The van der Waals surface area contributed by atoms with Crippen LogP contribution in [0.25, 0.3) is 0 Å². The van der Waals surface area contributed by atoms with Crippen LogP contribution in [-0.4, -0.2) is 105 Å². The molecule has 0 bridgehead atoms. The molecule has 5 rings (SSSR count). The molecule has 3 fully saturated rings. The number of piperidine rings is 1. The molecule has 1 aromatic carbocycles. The summed E-state index contributed by atoms with van der Waals surface area (Å²) in [5, 5.41) is 10.4. The number of sulfonamides is 1. The van der Waals surface area contributed by atoms with Crippen molar-refractivity contribution in [3.8, 4) is 0 Å². The third kappa shape index (κ3) is 8.21. The van der Waals surface area contributed by atoms with Crippen LogP contribution in [0.2, 0.25) is 0 Å². The first kappa shape index (κ1) is 30.7. The van der Waals surface area contributed by atoms with Crippen LogP contribution in [0.5, 0.6) is 0 Å². The molecule has 0 amide bonds. The van der Waals surface area contributed by atoms with Gasteiger partial charge >= 0.3 is 0 Å². The third-order valence-corrected chi connectivity index (χ3v) is 10.3. The van der Waals surface area contributed by atoms with Gasteiger partial charge in [0.2, 0.25) is 16.0 Å². The third-order valence-electron chi connectivity index (χ3n) is 8.16. The van der Waals surface area contributed by atoms with Crippen LogP contribution in [0.1, 0.15) is 44.9 Å². The lowest BCUT2D eigenvalue weighted by atomic mass is 10.2. The quantitative estimate of drug-likeness (QED) is 0.307. The molecule has 42 heavy (non-hydrogen) atoms. The largest absolute Gasteiger partial charge is 0.369 e. The average molecular weight is 616 g/mol. The summed E-state index contributed by atoms with van der Waals surface area (Å²) in [6.45, 7) is 8.53. The van der Waals surface area contributed by atoms with E-state index in [0.29, 0.717) is 29.6 Å². The molecule has 0 saturated carbocycles. The SMILES string of the molecule is CN(CCNC(=S)Nc1ccc(S(=O)(=O)N2CCCCC2)cc1)CCNc1cc(N2CCCC2)nc(N2CCCC2)n1. The molecule has 13 heteroatoms. The van der Waals surface area contributed by atoms with Gasteiger partial charge in [-0.3, -0.25) is 0 Å². The Bertz CT molecular complexity index is 1240. The molecule has 2 aromatic rings. The summed E-state index contributed by atoms with van der Waals surface area (Å²) in [6, 6.07) is 8.91. The average Bonchev–Trinajstić information content (AvgIpc) is 3.73. The molecular formula is C29H45N9O2S2. The minimum absolute atomic E-state index is 0.325. The fourth-order valence-corrected chi connectivity index (χ4v) is 7.40. The van der Waals surface area contributed by atoms with Crippen LogP contribution in [0.15, 0.2) is 35.2 Å². The van der Waals surface area contributed by atoms with Crippen molar-refractivity contribution < 1.29 is 8.42 Å². The molecule has 11 nitrogen and oxygen atoms in total. The Morgan fingerprint density at radius 1 is 0.857 bits per heavy atom. The van der Waals surface area contributed by atoms with Crippen molar-refractivity contribution in [2.45, 2.75) is 49.8 Å². The second-order valence-electron chi connectivity index (χ2n) is 11.4. The van der Waals surface area contributed by atoms with E-state index in [1.54, 1.807) is 28.6 Å². The lowest BCUT2D eigenvalue weighted by Crippen LogP contribution is -2.37. The van der Waals surface area contributed by atoms with Crippen molar-refractivity contribution >= 4 is 50.6 Å². The van der Waals surface area contributed by atoms with Gasteiger partial charge in [-0.05, 0) is 82.1 Å². The highest BCUT2D eigenvalue weighted by Gasteiger charge is 2.26. The van der Waals surface area contributed by atoms with Crippen molar-refractivity contribution in [2.24, 2.45) is 0 Å². The number of hydrogen-bond acceptors (Lipinski definition) is 9. The van der Waals surface area contributed by atoms with Gasteiger partial charge in [-0.25, -0.2) is 8.42 Å². The maximum atomic E-state index is 12.9. The van der Waals surface area contributed by atoms with Gasteiger partial charge in [-0.2, -0.15) is 14.3 Å². The highest BCUT2D eigenvalue weighted by molar-refractivity contribution is 7.89. The molecule has 3 saturated heterocycles. The van der Waals surface area contributed by atoms with E-state index in [9.17, 15) is 8.42 Å². The summed E-state index contributed by atoms with van der Waals surface area (Å²) in [6.07, 6.45) is 7.78. The summed E-state index contributed by atoms with van der Waals surface area (Å²) in [4.78, 5) is 17.0. The summed E-state index contributed by atoms with van der Waals surface area (Å²) >= 11 is 5.46. The van der Waals surface area contributed by atoms with Gasteiger partial charge in [0.15, 0.2) is 5.11 Å². The number of aromatic nitrogens is 2. The number of rotatable bonds is 12. The number of benzene rings is 1. The van der Waals surface area contributed by atoms with E-state index < -0.39 is 10.0 Å². The molecule has 0 atom stereocenters. The predicted octanol–water partition coefficient (Wildman–Crippen LogP) is 3.18. The summed E-state index contributed by atoms with van der Waals surface area (Å²) < 4.78 is 27.3. The number of thiocarbonyl (C=S) groups is 1. The van der Waals surface area contributed by atoms with Crippen LogP contribution in [0.3, 0.4) is 0 Å². The summed E-state index contributed by atoms with van der Waals surface area (Å²) in [5.74, 6) is 2.76. The number of nitrogens with one attached hydrogen (secondary N) is 3. The minimum atomic E-state index is -3.43. The molecule has 3 aliphatic heterocycles. The zero-order valence-electron chi connectivity index (χ0n) is 24.7. The standard InChI is InChI=1S/C29H45N9O2S2/c1-35(21-13-30-26-23-27(36-15-5-6-16-36)34-28(33-26)37-17-7-8-18-37)22-14-31-29(41)32-24-9-11-25(12-10-24)42(39,40)38-19-3-2-4-20-38/h9-12,23H,2-8,13-22H2,1H3,(H,30,33,34)(H2,31,32,41). The topological polar surface area (TPSA) is 109 Å². The van der Waals surface area contributed by atoms with Crippen molar-refractivity contribution in [3.05, 3.63) is 30.3 Å². The molecule has 4 heterocycles. The van der Waals surface area contributed by atoms with E-state index >= 15 is 0 Å². The Kier molecular flexibility index (Phi) is 10.7. The van der Waals surface area contributed by atoms with Gasteiger partial charge in [0, 0.05) is 77.2 Å². The van der Waals surface area contributed by atoms with E-state index in [4.69, 9.17) is 22.2 Å². The van der Waals surface area contributed by atoms with Crippen molar-refractivity contribution in [2.75, 3.05) is 92.9 Å². The molecule has 0 aliphatic carbocycles. The highest BCUT2D eigenvalue weighted by atomic mass is 32.2. The number of nitrogens with zero attached hydrogens (tertiary/aromatic N) is 6. The molecule has 0 spiro atoms. The number of likely N-dealkylation sites (N-methyl/N-ethyl adjacent to an activating group) is 1. The van der Waals surface area contributed by atoms with Gasteiger partial charge in [0.25, 0.3) is 0 Å². The van der Waals surface area contributed by atoms with Gasteiger partial charge < -0.3 is 30.7 Å². The highest BCUT2D eigenvalue weighted by Crippen LogP contribution is 2.26. The molecular weight excluding hydrogens is 571 g/mol. The van der Waals surface area contributed by atoms with E-state index in [1.807, 2.05) is 0 Å². The van der Waals surface area contributed by atoms with Crippen LogP contribution in [0, 0.1) is 0 Å². The molecule has 0 radical (unpaired) electrons. The smallest absolute Gasteiger partial charge is 0.243 e. The fraction of sp³-hybridized carbons (Fsp3) is 0.621. The molecule has 3 aliphatic rings. The predicted molar refractivity (Wildman–Crippen MR) is 174 cm³/mol. The number of anilines is 4. The summed E-state index contributed by atoms with van der Waals surface area (Å²) in [7, 11) is -1.34. The Labute approximate surface area is 256 Å². The normalized spacial score (nSPS) is 18.0. The van der Waals surface area contributed by atoms with E-state index in [-0.39, 0.29) is 0 Å². The second kappa shape index (κ2) is 14.6. The van der Waals surface area contributed by atoms with Gasteiger partial charge in [-0.1, -0.05) is 6.42 Å². The van der Waals surface area contributed by atoms with Gasteiger partial charge in [0.05, 0.1) is 4.90 Å². The molecule has 0 unspecified atom stereocenters. The van der Waals surface area contributed by atoms with Crippen molar-refractivity contribution in [3.63, 3.8) is 0 Å². The number of hydrogen-bond donors (Lipinski definition) is 3. The first-order valence-corrected chi connectivity index (χ1v) is 17.2. The fourth-order valence-electron chi connectivity index (χ4n) is 5.67. The van der Waals surface area contributed by atoms with E-state index in [2.05, 4.69) is 43.8 Å². The first-order valence-electron chi connectivity index (χ1n) is 15.3. The van der Waals surface area contributed by atoms with Crippen molar-refractivity contribution in [1.82, 2.24) is 24.5 Å². The Morgan fingerprint density at radius 2 is 1.48 bits per heavy atom. The molecule has 230 valence electrons. The van der Waals surface area contributed by atoms with Crippen LogP contribution < -0.4 is 25.8 Å². The van der Waals surface area contributed by atoms with E-state index in [1.165, 1.54) is 25.7 Å². The summed E-state index contributed by atoms with van der Waals surface area (Å²) in [5.41, 5.74) is 0.758. The Balaban J connectivity index is 1.03. The van der Waals surface area contributed by atoms with Crippen molar-refractivity contribution in [1.29, 1.82) is 0 Å². The van der Waals surface area contributed by atoms with Gasteiger partial charge in [-0.15, -0.1) is 0 Å². The maximum absolute atomic E-state index is 12.9. The lowest BCUT2D eigenvalue weighted by Gasteiger charge is -2.25. The molecule has 1 aromatic heterocycles. The van der Waals surface area contributed by atoms with Gasteiger partial charge in [0.1, 0.15) is 11.6 Å². The maximum Gasteiger partial charge on any atom is 0.243 e. The van der Waals surface area contributed by atoms with Crippen LogP contribution in [0.4, 0.5) is 23.3 Å². The minimum Gasteiger partial charge on any atom is -0.369 e. The lowest BCUT2D eigenvalue weighted by molar-refractivity contribution is 0.346. The second-order valence-corrected chi connectivity index (χ2v) is 13.7. The Morgan fingerprint density at radius 3 is 2.17 bits per heavy atom. The first-order chi connectivity index (χ1) is 20.4. The van der Waals surface area contributed by atoms with E-state index in [0.717, 1.165) is 88.3 Å².